The van der Waals surface area contributed by atoms with Gasteiger partial charge in [0.15, 0.2) is 0 Å². The average molecular weight is 1420 g/mol. The zero-order valence-electron chi connectivity index (χ0n) is 59.1. The third-order valence-electron chi connectivity index (χ3n) is 11.4. The minimum absolute atomic E-state index is 0.0118. The maximum atomic E-state index is 11.5. The van der Waals surface area contributed by atoms with Crippen molar-refractivity contribution in [2.45, 2.75) is 32.8 Å². The lowest BCUT2D eigenvalue weighted by Crippen LogP contribution is -2.34. The summed E-state index contributed by atoms with van der Waals surface area (Å²) in [5.74, 6) is -0.881. The summed E-state index contributed by atoms with van der Waals surface area (Å²) in [7, 11) is 0. The lowest BCUT2D eigenvalue weighted by Gasteiger charge is -2.19. The number of amides is 1. The van der Waals surface area contributed by atoms with Crippen molar-refractivity contribution in [1.29, 1.82) is 0 Å². The zero-order chi connectivity index (χ0) is 69.9. The standard InChI is InChI=1S/C64H127NO32/c1-64(2,3)97-63(68)65-5-7-70-9-11-72-13-15-74-17-19-76-21-23-78-25-27-80-29-31-82-33-35-84-37-39-86-41-43-88-45-47-90-49-51-92-53-55-94-57-59-96-61-60-95-58-56-93-54-52-91-50-48-89-46-44-87-42-40-85-38-36-83-34-32-81-30-28-79-26-24-77-22-20-75-18-16-73-14-12-71-10-8-69-6-4-62(66)67/h4-61H2,1-3H3,(H,65,68)(H,66,67). The Kier molecular flexibility index (Phi) is 82.2. The summed E-state index contributed by atoms with van der Waals surface area (Å²) < 4.78 is 159. The predicted octanol–water partition coefficient (Wildman–Crippen LogP) is 1.45. The van der Waals surface area contributed by atoms with Gasteiger partial charge >= 0.3 is 12.1 Å². The minimum Gasteiger partial charge on any atom is -0.481 e. The van der Waals surface area contributed by atoms with Crippen molar-refractivity contribution in [2.24, 2.45) is 0 Å². The highest BCUT2D eigenvalue weighted by Gasteiger charge is 2.15. The van der Waals surface area contributed by atoms with Crippen molar-refractivity contribution in [2.75, 3.05) is 377 Å². The van der Waals surface area contributed by atoms with E-state index >= 15 is 0 Å². The smallest absolute Gasteiger partial charge is 0.407 e. The van der Waals surface area contributed by atoms with Crippen LogP contribution in [0.5, 0.6) is 0 Å². The number of nitrogens with one attached hydrogen (secondary N) is 1. The maximum absolute atomic E-state index is 11.5. The Hall–Kier alpha value is -2.38. The van der Waals surface area contributed by atoms with E-state index < -0.39 is 17.7 Å². The molecular formula is C64H127NO32. The van der Waals surface area contributed by atoms with Crippen LogP contribution in [0.15, 0.2) is 0 Å². The number of carbonyl (C=O) groups is 2. The average Bonchev–Trinajstić information content (AvgIpc) is 3.37. The van der Waals surface area contributed by atoms with Gasteiger partial charge in [0.1, 0.15) is 5.60 Å². The quantitative estimate of drug-likeness (QED) is 0.0814. The van der Waals surface area contributed by atoms with E-state index in [1.54, 1.807) is 0 Å². The van der Waals surface area contributed by atoms with Gasteiger partial charge in [-0.15, -0.1) is 0 Å². The Balaban J connectivity index is 3.10. The van der Waals surface area contributed by atoms with Crippen LogP contribution in [0.4, 0.5) is 4.79 Å². The predicted molar refractivity (Wildman–Crippen MR) is 349 cm³/mol. The third-order valence-corrected chi connectivity index (χ3v) is 11.4. The second-order valence-corrected chi connectivity index (χ2v) is 20.7. The molecule has 0 fully saturated rings. The van der Waals surface area contributed by atoms with E-state index in [2.05, 4.69) is 5.32 Å². The van der Waals surface area contributed by atoms with Crippen molar-refractivity contribution in [3.63, 3.8) is 0 Å². The van der Waals surface area contributed by atoms with E-state index in [-0.39, 0.29) is 13.0 Å². The van der Waals surface area contributed by atoms with E-state index in [1.807, 2.05) is 20.8 Å². The summed E-state index contributed by atoms with van der Waals surface area (Å²) in [6, 6.07) is 0. The molecular weight excluding hydrogens is 1290 g/mol. The first-order valence-electron chi connectivity index (χ1n) is 34.2. The number of carboxylic acid groups (broad SMARTS) is 1. The number of carboxylic acids is 1. The van der Waals surface area contributed by atoms with Crippen LogP contribution in [0.25, 0.3) is 0 Å². The Morgan fingerprint density at radius 2 is 0.320 bits per heavy atom. The number of hydrogen-bond donors (Lipinski definition) is 2. The lowest BCUT2D eigenvalue weighted by atomic mass is 10.2. The van der Waals surface area contributed by atoms with Gasteiger partial charge in [-0.3, -0.25) is 4.79 Å². The molecule has 33 nitrogen and oxygen atoms in total. The molecule has 0 saturated carbocycles. The van der Waals surface area contributed by atoms with Crippen molar-refractivity contribution in [3.05, 3.63) is 0 Å². The first-order chi connectivity index (χ1) is 47.8. The maximum Gasteiger partial charge on any atom is 0.407 e. The van der Waals surface area contributed by atoms with Gasteiger partial charge in [0.2, 0.25) is 0 Å². The van der Waals surface area contributed by atoms with E-state index in [4.69, 9.17) is 142 Å². The molecule has 0 bridgehead atoms. The van der Waals surface area contributed by atoms with E-state index in [0.717, 1.165) is 0 Å². The topological polar surface area (TPSA) is 334 Å². The number of hydrogen-bond acceptors (Lipinski definition) is 31. The van der Waals surface area contributed by atoms with Crippen molar-refractivity contribution in [1.82, 2.24) is 5.32 Å². The molecule has 1 amide bonds. The molecule has 0 saturated heterocycles. The Morgan fingerprint density at radius 3 is 0.433 bits per heavy atom. The summed E-state index contributed by atoms with van der Waals surface area (Å²) in [5.41, 5.74) is -0.524. The highest BCUT2D eigenvalue weighted by atomic mass is 16.6. The van der Waals surface area contributed by atoms with Crippen molar-refractivity contribution in [3.8, 4) is 0 Å². The van der Waals surface area contributed by atoms with Crippen LogP contribution in [-0.4, -0.2) is 399 Å². The minimum atomic E-state index is -0.881. The van der Waals surface area contributed by atoms with Crippen LogP contribution in [0.3, 0.4) is 0 Å². The molecule has 0 radical (unpaired) electrons. The number of rotatable bonds is 87. The number of carbonyl (C=O) groups excluding carboxylic acids is 1. The monoisotopic (exact) mass is 1420 g/mol. The van der Waals surface area contributed by atoms with Crippen LogP contribution in [0.2, 0.25) is 0 Å². The molecule has 0 spiro atoms. The van der Waals surface area contributed by atoms with E-state index in [9.17, 15) is 9.59 Å². The molecule has 33 heteroatoms. The van der Waals surface area contributed by atoms with Crippen molar-refractivity contribution >= 4 is 12.1 Å². The molecule has 0 atom stereocenters. The van der Waals surface area contributed by atoms with Crippen molar-refractivity contribution < 1.29 is 152 Å². The summed E-state index contributed by atoms with van der Waals surface area (Å²) in [4.78, 5) is 21.9. The molecule has 0 unspecified atom stereocenters. The van der Waals surface area contributed by atoms with Gasteiger partial charge < -0.3 is 148 Å². The molecule has 0 aliphatic carbocycles. The lowest BCUT2D eigenvalue weighted by molar-refractivity contribution is -0.138. The van der Waals surface area contributed by atoms with Gasteiger partial charge in [0.25, 0.3) is 0 Å². The van der Waals surface area contributed by atoms with Gasteiger partial charge in [-0.1, -0.05) is 0 Å². The van der Waals surface area contributed by atoms with Crippen LogP contribution in [0.1, 0.15) is 27.2 Å². The second-order valence-electron chi connectivity index (χ2n) is 20.7. The molecule has 97 heavy (non-hydrogen) atoms. The first kappa shape index (κ1) is 94.6. The summed E-state index contributed by atoms with van der Waals surface area (Å²) in [5, 5.41) is 11.2. The fourth-order valence-corrected chi connectivity index (χ4v) is 6.74. The molecule has 0 aliphatic heterocycles. The zero-order valence-corrected chi connectivity index (χ0v) is 59.1. The van der Waals surface area contributed by atoms with Crippen LogP contribution in [-0.2, 0) is 142 Å². The Morgan fingerprint density at radius 1 is 0.206 bits per heavy atom. The van der Waals surface area contributed by atoms with Crippen LogP contribution < -0.4 is 5.32 Å². The van der Waals surface area contributed by atoms with Crippen LogP contribution >= 0.6 is 0 Å². The molecule has 0 rings (SSSR count). The Bertz CT molecular complexity index is 1510. The number of alkyl carbamates (subject to hydrolysis) is 1. The Labute approximate surface area is 577 Å². The summed E-state index contributed by atoms with van der Waals surface area (Å²) in [6.07, 6.45) is -0.472. The summed E-state index contributed by atoms with van der Waals surface area (Å²) >= 11 is 0. The highest BCUT2D eigenvalue weighted by molar-refractivity contribution is 5.67. The molecule has 0 aromatic rings. The van der Waals surface area contributed by atoms with Gasteiger partial charge in [-0.2, -0.15) is 0 Å². The normalized spacial score (nSPS) is 11.8. The van der Waals surface area contributed by atoms with Gasteiger partial charge in [0.05, 0.1) is 376 Å². The first-order valence-corrected chi connectivity index (χ1v) is 34.2. The summed E-state index contributed by atoms with van der Waals surface area (Å²) in [6.45, 7) is 31.6. The molecule has 0 aliphatic rings. The van der Waals surface area contributed by atoms with Gasteiger partial charge in [0, 0.05) is 6.54 Å². The molecule has 0 heterocycles. The highest BCUT2D eigenvalue weighted by Crippen LogP contribution is 2.06. The van der Waals surface area contributed by atoms with Gasteiger partial charge in [-0.25, -0.2) is 4.79 Å². The number of ether oxygens (including phenoxy) is 29. The van der Waals surface area contributed by atoms with E-state index in [1.165, 1.54) is 0 Å². The largest absolute Gasteiger partial charge is 0.481 e. The number of aliphatic carboxylic acids is 1. The molecule has 2 N–H and O–H groups in total. The van der Waals surface area contributed by atoms with Crippen LogP contribution in [0, 0.1) is 0 Å². The fourth-order valence-electron chi connectivity index (χ4n) is 6.74. The fraction of sp³-hybridized carbons (Fsp3) is 0.969. The van der Waals surface area contributed by atoms with Gasteiger partial charge in [-0.05, 0) is 20.8 Å². The molecule has 0 aromatic heterocycles. The molecule has 580 valence electrons. The second kappa shape index (κ2) is 84.3. The van der Waals surface area contributed by atoms with E-state index in [0.29, 0.717) is 370 Å². The SMILES string of the molecule is CC(C)(C)OC(=O)NCCOCCOCCOCCOCCOCCOCCOCCOCCOCCOCCOCCOCCOCCOCCOCCOCCOCCOCCOCCOCCOCCOCCOCCOCCOCCOCCOCCOCCC(=O)O. The third kappa shape index (κ3) is 91.6. The molecule has 0 aromatic carbocycles.